The summed E-state index contributed by atoms with van der Waals surface area (Å²) < 4.78 is 0. The van der Waals surface area contributed by atoms with E-state index in [1.54, 1.807) is 19.0 Å². The molecule has 20 heavy (non-hydrogen) atoms. The maximum absolute atomic E-state index is 12.0. The Kier molecular flexibility index (Phi) is 4.65. The molecule has 1 aliphatic rings. The fourth-order valence-corrected chi connectivity index (χ4v) is 2.75. The zero-order chi connectivity index (χ0) is 14.7. The SMILES string of the molecule is Cc1ccc(C(=O)N(C)C)cc1NC1CCCC(N)C1. The second-order valence-corrected chi connectivity index (χ2v) is 6.00. The Hall–Kier alpha value is -1.55. The maximum Gasteiger partial charge on any atom is 0.253 e. The van der Waals surface area contributed by atoms with E-state index in [1.165, 1.54) is 12.0 Å². The first-order valence-electron chi connectivity index (χ1n) is 7.32. The summed E-state index contributed by atoms with van der Waals surface area (Å²) in [6, 6.07) is 6.56. The van der Waals surface area contributed by atoms with Crippen molar-refractivity contribution in [3.63, 3.8) is 0 Å². The number of carbonyl (C=O) groups is 1. The van der Waals surface area contributed by atoms with E-state index in [2.05, 4.69) is 12.2 Å². The first kappa shape index (κ1) is 14.9. The van der Waals surface area contributed by atoms with Crippen LogP contribution in [0.25, 0.3) is 0 Å². The van der Waals surface area contributed by atoms with Crippen LogP contribution in [0.3, 0.4) is 0 Å². The topological polar surface area (TPSA) is 58.4 Å². The molecule has 2 atom stereocenters. The minimum Gasteiger partial charge on any atom is -0.382 e. The number of anilines is 1. The number of rotatable bonds is 3. The van der Waals surface area contributed by atoms with Crippen molar-refractivity contribution in [3.8, 4) is 0 Å². The lowest BCUT2D eigenvalue weighted by atomic mass is 9.91. The third-order valence-electron chi connectivity index (χ3n) is 3.97. The van der Waals surface area contributed by atoms with Crippen LogP contribution in [0, 0.1) is 6.92 Å². The van der Waals surface area contributed by atoms with Crippen LogP contribution >= 0.6 is 0 Å². The van der Waals surface area contributed by atoms with E-state index >= 15 is 0 Å². The van der Waals surface area contributed by atoms with Gasteiger partial charge in [0.2, 0.25) is 0 Å². The number of benzene rings is 1. The van der Waals surface area contributed by atoms with E-state index in [4.69, 9.17) is 5.73 Å². The molecule has 0 bridgehead atoms. The van der Waals surface area contributed by atoms with E-state index < -0.39 is 0 Å². The second kappa shape index (κ2) is 6.27. The first-order valence-corrected chi connectivity index (χ1v) is 7.32. The Balaban J connectivity index is 2.14. The van der Waals surface area contributed by atoms with Crippen LogP contribution in [0.4, 0.5) is 5.69 Å². The van der Waals surface area contributed by atoms with Crippen molar-refractivity contribution >= 4 is 11.6 Å². The van der Waals surface area contributed by atoms with Crippen LogP contribution in [0.1, 0.15) is 41.6 Å². The molecule has 1 fully saturated rings. The molecule has 2 unspecified atom stereocenters. The van der Waals surface area contributed by atoms with Gasteiger partial charge in [-0.1, -0.05) is 6.07 Å². The van der Waals surface area contributed by atoms with Gasteiger partial charge in [0.15, 0.2) is 0 Å². The molecule has 0 spiro atoms. The molecule has 110 valence electrons. The lowest BCUT2D eigenvalue weighted by Gasteiger charge is -2.29. The predicted molar refractivity (Wildman–Crippen MR) is 83.1 cm³/mol. The van der Waals surface area contributed by atoms with Gasteiger partial charge in [-0.25, -0.2) is 0 Å². The van der Waals surface area contributed by atoms with Gasteiger partial charge in [-0.05, 0) is 50.3 Å². The summed E-state index contributed by atoms with van der Waals surface area (Å²) in [6.07, 6.45) is 4.45. The maximum atomic E-state index is 12.0. The smallest absolute Gasteiger partial charge is 0.253 e. The van der Waals surface area contributed by atoms with Crippen LogP contribution in [-0.4, -0.2) is 37.0 Å². The molecule has 0 aromatic heterocycles. The Morgan fingerprint density at radius 2 is 2.10 bits per heavy atom. The van der Waals surface area contributed by atoms with E-state index in [0.29, 0.717) is 12.1 Å². The van der Waals surface area contributed by atoms with Gasteiger partial charge in [0.1, 0.15) is 0 Å². The number of aryl methyl sites for hydroxylation is 1. The normalized spacial score (nSPS) is 22.4. The minimum atomic E-state index is 0.0356. The van der Waals surface area contributed by atoms with Crippen LogP contribution in [0.15, 0.2) is 18.2 Å². The molecule has 4 nitrogen and oxygen atoms in total. The largest absolute Gasteiger partial charge is 0.382 e. The molecule has 0 saturated heterocycles. The highest BCUT2D eigenvalue weighted by atomic mass is 16.2. The quantitative estimate of drug-likeness (QED) is 0.890. The molecule has 1 aromatic carbocycles. The second-order valence-electron chi connectivity index (χ2n) is 6.00. The molecule has 1 saturated carbocycles. The van der Waals surface area contributed by atoms with Crippen molar-refractivity contribution in [2.75, 3.05) is 19.4 Å². The van der Waals surface area contributed by atoms with Gasteiger partial charge in [0.25, 0.3) is 5.91 Å². The van der Waals surface area contributed by atoms with Gasteiger partial charge in [0.05, 0.1) is 0 Å². The Morgan fingerprint density at radius 3 is 2.75 bits per heavy atom. The fourth-order valence-electron chi connectivity index (χ4n) is 2.75. The summed E-state index contributed by atoms with van der Waals surface area (Å²) in [6.45, 7) is 2.06. The van der Waals surface area contributed by atoms with Crippen LogP contribution < -0.4 is 11.1 Å². The number of nitrogens with one attached hydrogen (secondary N) is 1. The molecule has 0 heterocycles. The fraction of sp³-hybridized carbons (Fsp3) is 0.562. The Bertz CT molecular complexity index is 485. The summed E-state index contributed by atoms with van der Waals surface area (Å²) >= 11 is 0. The standard InChI is InChI=1S/C16H25N3O/c1-11-7-8-12(16(20)19(2)3)9-15(11)18-14-6-4-5-13(17)10-14/h7-9,13-14,18H,4-6,10,17H2,1-3H3. The van der Waals surface area contributed by atoms with Gasteiger partial charge in [-0.2, -0.15) is 0 Å². The van der Waals surface area contributed by atoms with E-state index in [-0.39, 0.29) is 5.91 Å². The van der Waals surface area contributed by atoms with Crippen molar-refractivity contribution in [2.24, 2.45) is 5.73 Å². The molecule has 4 heteroatoms. The summed E-state index contributed by atoms with van der Waals surface area (Å²) in [5.41, 5.74) is 8.98. The van der Waals surface area contributed by atoms with Crippen LogP contribution in [-0.2, 0) is 0 Å². The Morgan fingerprint density at radius 1 is 1.35 bits per heavy atom. The average molecular weight is 275 g/mol. The van der Waals surface area contributed by atoms with Crippen molar-refractivity contribution in [3.05, 3.63) is 29.3 Å². The van der Waals surface area contributed by atoms with Gasteiger partial charge in [0, 0.05) is 37.4 Å². The predicted octanol–water partition coefficient (Wildman–Crippen LogP) is 2.38. The molecule has 0 radical (unpaired) electrons. The molecule has 1 aliphatic carbocycles. The van der Waals surface area contributed by atoms with Crippen LogP contribution in [0.2, 0.25) is 0 Å². The monoisotopic (exact) mass is 275 g/mol. The number of nitrogens with zero attached hydrogens (tertiary/aromatic N) is 1. The van der Waals surface area contributed by atoms with Crippen LogP contribution in [0.5, 0.6) is 0 Å². The summed E-state index contributed by atoms with van der Waals surface area (Å²) in [5, 5.41) is 3.56. The average Bonchev–Trinajstić information content (AvgIpc) is 2.40. The first-order chi connectivity index (χ1) is 9.47. The molecular formula is C16H25N3O. The molecule has 0 aliphatic heterocycles. The Labute approximate surface area is 121 Å². The lowest BCUT2D eigenvalue weighted by molar-refractivity contribution is 0.0827. The summed E-state index contributed by atoms with van der Waals surface area (Å²) in [4.78, 5) is 13.6. The number of nitrogens with two attached hydrogens (primary N) is 1. The van der Waals surface area contributed by atoms with E-state index in [1.807, 2.05) is 18.2 Å². The summed E-state index contributed by atoms with van der Waals surface area (Å²) in [5.74, 6) is 0.0356. The van der Waals surface area contributed by atoms with E-state index in [9.17, 15) is 4.79 Å². The highest BCUT2D eigenvalue weighted by Crippen LogP contribution is 2.24. The number of hydrogen-bond acceptors (Lipinski definition) is 3. The van der Waals surface area contributed by atoms with Crippen molar-refractivity contribution in [2.45, 2.75) is 44.7 Å². The zero-order valence-electron chi connectivity index (χ0n) is 12.6. The van der Waals surface area contributed by atoms with Gasteiger partial charge >= 0.3 is 0 Å². The molecular weight excluding hydrogens is 250 g/mol. The zero-order valence-corrected chi connectivity index (χ0v) is 12.6. The molecule has 3 N–H and O–H groups in total. The lowest BCUT2D eigenvalue weighted by Crippen LogP contribution is -2.35. The van der Waals surface area contributed by atoms with Gasteiger partial charge in [-0.15, -0.1) is 0 Å². The highest BCUT2D eigenvalue weighted by molar-refractivity contribution is 5.95. The third kappa shape index (κ3) is 3.51. The summed E-state index contributed by atoms with van der Waals surface area (Å²) in [7, 11) is 3.55. The van der Waals surface area contributed by atoms with Gasteiger partial charge in [-0.3, -0.25) is 4.79 Å². The van der Waals surface area contributed by atoms with Crippen molar-refractivity contribution in [1.29, 1.82) is 0 Å². The molecule has 2 rings (SSSR count). The number of carbonyl (C=O) groups excluding carboxylic acids is 1. The minimum absolute atomic E-state index is 0.0356. The van der Waals surface area contributed by atoms with Gasteiger partial charge < -0.3 is 16.0 Å². The van der Waals surface area contributed by atoms with Crippen molar-refractivity contribution < 1.29 is 4.79 Å². The van der Waals surface area contributed by atoms with E-state index in [0.717, 1.165) is 30.5 Å². The number of hydrogen-bond donors (Lipinski definition) is 2. The highest BCUT2D eigenvalue weighted by Gasteiger charge is 2.20. The van der Waals surface area contributed by atoms with Crippen molar-refractivity contribution in [1.82, 2.24) is 4.90 Å². The molecule has 1 aromatic rings. The number of amides is 1. The molecule has 1 amide bonds. The third-order valence-corrected chi connectivity index (χ3v) is 3.97.